The van der Waals surface area contributed by atoms with Gasteiger partial charge in [-0.15, -0.1) is 0 Å². The summed E-state index contributed by atoms with van der Waals surface area (Å²) in [6.07, 6.45) is 3.05. The quantitative estimate of drug-likeness (QED) is 0.441. The highest BCUT2D eigenvalue weighted by Gasteiger charge is 2.19. The predicted octanol–water partition coefficient (Wildman–Crippen LogP) is 5.26. The second-order valence-electron chi connectivity index (χ2n) is 6.86. The summed E-state index contributed by atoms with van der Waals surface area (Å²) in [5.74, 6) is 1.15. The van der Waals surface area contributed by atoms with Crippen molar-refractivity contribution < 1.29 is 9.53 Å². The maximum atomic E-state index is 10.7. The molecule has 1 N–H and O–H groups in total. The number of carbonyl (C=O) groups is 1. The Labute approximate surface area is 180 Å². The Morgan fingerprint density at radius 1 is 1.21 bits per heavy atom. The van der Waals surface area contributed by atoms with Gasteiger partial charge >= 0.3 is 0 Å². The van der Waals surface area contributed by atoms with E-state index in [2.05, 4.69) is 51.9 Å². The van der Waals surface area contributed by atoms with Crippen LogP contribution in [0.1, 0.15) is 18.4 Å². The zero-order chi connectivity index (χ0) is 20.6. The van der Waals surface area contributed by atoms with Crippen molar-refractivity contribution in [2.75, 3.05) is 32.6 Å². The number of ether oxygens (including phenoxy) is 1. The number of carbonyl (C=O) groups excluding carboxylic acids is 1. The van der Waals surface area contributed by atoms with Crippen LogP contribution >= 0.6 is 23.3 Å². The molecule has 0 atom stereocenters. The van der Waals surface area contributed by atoms with E-state index in [4.69, 9.17) is 4.74 Å². The van der Waals surface area contributed by atoms with Gasteiger partial charge in [0, 0.05) is 31.0 Å². The Bertz CT molecular complexity index is 919. The van der Waals surface area contributed by atoms with Gasteiger partial charge in [0.25, 0.3) is 0 Å². The molecule has 1 saturated heterocycles. The van der Waals surface area contributed by atoms with Gasteiger partial charge in [0.1, 0.15) is 12.0 Å². The highest BCUT2D eigenvalue weighted by molar-refractivity contribution is 7.97. The van der Waals surface area contributed by atoms with Crippen LogP contribution in [0.15, 0.2) is 47.4 Å². The molecule has 0 radical (unpaired) electrons. The van der Waals surface area contributed by atoms with Gasteiger partial charge in [-0.3, -0.25) is 0 Å². The molecule has 0 aliphatic carbocycles. The lowest BCUT2D eigenvalue weighted by Crippen LogP contribution is -2.28. The average molecular weight is 430 g/mol. The first-order valence-electron chi connectivity index (χ1n) is 9.69. The fraction of sp³-hybridized carbons (Fsp3) is 0.364. The van der Waals surface area contributed by atoms with Gasteiger partial charge < -0.3 is 14.8 Å². The first-order valence-corrected chi connectivity index (χ1v) is 11.3. The van der Waals surface area contributed by atoms with Crippen LogP contribution in [0.5, 0.6) is 5.75 Å². The van der Waals surface area contributed by atoms with Crippen LogP contribution in [0, 0.1) is 12.8 Å². The van der Waals surface area contributed by atoms with Gasteiger partial charge in [0.05, 0.1) is 17.3 Å². The maximum Gasteiger partial charge on any atom is 0.183 e. The summed E-state index contributed by atoms with van der Waals surface area (Å²) < 4.78 is 8.70. The number of para-hydroxylation sites is 1. The number of hydrogen-bond donors (Lipinski definition) is 1. The van der Waals surface area contributed by atoms with Crippen molar-refractivity contribution in [2.45, 2.75) is 24.7 Å². The summed E-state index contributed by atoms with van der Waals surface area (Å²) >= 11 is 3.45. The van der Waals surface area contributed by atoms with Gasteiger partial charge in [-0.1, -0.05) is 23.5 Å². The van der Waals surface area contributed by atoms with E-state index in [1.807, 2.05) is 19.2 Å². The molecule has 0 spiro atoms. The second kappa shape index (κ2) is 10.6. The summed E-state index contributed by atoms with van der Waals surface area (Å²) in [4.78, 5) is 16.3. The number of aromatic nitrogens is 1. The molecule has 2 aromatic carbocycles. The third kappa shape index (κ3) is 5.95. The number of aryl methyl sites for hydroxylation is 1. The van der Waals surface area contributed by atoms with E-state index < -0.39 is 0 Å². The molecule has 0 saturated carbocycles. The molecular formula is C22H27N3O2S2. The molecule has 7 heteroatoms. The zero-order valence-corrected chi connectivity index (χ0v) is 18.7. The van der Waals surface area contributed by atoms with Crippen LogP contribution in [-0.2, 0) is 4.79 Å². The molecule has 1 aromatic heterocycles. The molecule has 154 valence electrons. The Kier molecular flexibility index (Phi) is 7.91. The van der Waals surface area contributed by atoms with Crippen LogP contribution in [-0.4, -0.2) is 42.8 Å². The Morgan fingerprint density at radius 3 is 2.52 bits per heavy atom. The number of aldehydes is 1. The fourth-order valence-electron chi connectivity index (χ4n) is 3.08. The number of rotatable bonds is 5. The smallest absolute Gasteiger partial charge is 0.183 e. The third-order valence-electron chi connectivity index (χ3n) is 4.82. The van der Waals surface area contributed by atoms with Crippen LogP contribution < -0.4 is 10.1 Å². The minimum atomic E-state index is 0.266. The highest BCUT2D eigenvalue weighted by Crippen LogP contribution is 2.29. The minimum absolute atomic E-state index is 0.266. The minimum Gasteiger partial charge on any atom is -0.497 e. The first-order chi connectivity index (χ1) is 14.1. The van der Waals surface area contributed by atoms with E-state index in [-0.39, 0.29) is 5.92 Å². The van der Waals surface area contributed by atoms with Crippen molar-refractivity contribution in [3.63, 3.8) is 0 Å². The molecule has 1 aliphatic heterocycles. The number of nitrogens with one attached hydrogen (secondary N) is 1. The number of benzene rings is 2. The summed E-state index contributed by atoms with van der Waals surface area (Å²) in [5.41, 5.74) is 2.36. The standard InChI is InChI=1S/C13H17NO2S.C9H10N2S/c1-16-12-2-4-13(5-3-12)17-14-8-6-11(10-15)7-9-14;1-6-4-3-5-7-8(6)11-9(10-2)12-7/h2-5,10-11H,6-9H2,1H3;3-5H,1-2H3,(H,10,11). The van der Waals surface area contributed by atoms with Crippen LogP contribution in [0.2, 0.25) is 0 Å². The topological polar surface area (TPSA) is 54.5 Å². The van der Waals surface area contributed by atoms with Gasteiger partial charge in [-0.05, 0) is 67.6 Å². The van der Waals surface area contributed by atoms with E-state index in [0.717, 1.165) is 48.6 Å². The number of hydrogen-bond acceptors (Lipinski definition) is 7. The SMILES string of the molecule is CNc1nc2c(C)cccc2s1.COc1ccc(SN2CCC(C=O)CC2)cc1. The largest absolute Gasteiger partial charge is 0.497 e. The Hall–Kier alpha value is -2.09. The van der Waals surface area contributed by atoms with Crippen molar-refractivity contribution in [2.24, 2.45) is 5.92 Å². The van der Waals surface area contributed by atoms with Crippen molar-refractivity contribution in [1.82, 2.24) is 9.29 Å². The van der Waals surface area contributed by atoms with Crippen molar-refractivity contribution in [1.29, 1.82) is 0 Å². The third-order valence-corrected chi connectivity index (χ3v) is 6.96. The number of piperidine rings is 1. The van der Waals surface area contributed by atoms with Crippen LogP contribution in [0.4, 0.5) is 5.13 Å². The molecule has 29 heavy (non-hydrogen) atoms. The summed E-state index contributed by atoms with van der Waals surface area (Å²) in [7, 11) is 3.57. The summed E-state index contributed by atoms with van der Waals surface area (Å²) in [6.45, 7) is 4.06. The Balaban J connectivity index is 0.000000176. The normalized spacial score (nSPS) is 14.9. The number of nitrogens with zero attached hydrogens (tertiary/aromatic N) is 2. The molecule has 0 unspecified atom stereocenters. The van der Waals surface area contributed by atoms with Crippen molar-refractivity contribution >= 4 is 44.9 Å². The number of anilines is 1. The predicted molar refractivity (Wildman–Crippen MR) is 123 cm³/mol. The van der Waals surface area contributed by atoms with Gasteiger partial charge in [-0.2, -0.15) is 0 Å². The molecule has 5 nitrogen and oxygen atoms in total. The van der Waals surface area contributed by atoms with Crippen LogP contribution in [0.3, 0.4) is 0 Å². The summed E-state index contributed by atoms with van der Waals surface area (Å²) in [5, 5.41) is 4.04. The monoisotopic (exact) mass is 429 g/mol. The lowest BCUT2D eigenvalue weighted by molar-refractivity contribution is -0.112. The van der Waals surface area contributed by atoms with E-state index in [1.165, 1.54) is 15.2 Å². The second-order valence-corrected chi connectivity index (χ2v) is 9.06. The van der Waals surface area contributed by atoms with Crippen molar-refractivity contribution in [3.05, 3.63) is 48.0 Å². The molecular weight excluding hydrogens is 402 g/mol. The number of thiazole rings is 1. The first kappa shape index (κ1) is 21.6. The van der Waals surface area contributed by atoms with Crippen LogP contribution in [0.25, 0.3) is 10.2 Å². The number of fused-ring (bicyclic) bond motifs is 1. The van der Waals surface area contributed by atoms with Crippen molar-refractivity contribution in [3.8, 4) is 5.75 Å². The van der Waals surface area contributed by atoms with E-state index in [9.17, 15) is 4.79 Å². The highest BCUT2D eigenvalue weighted by atomic mass is 32.2. The van der Waals surface area contributed by atoms with E-state index >= 15 is 0 Å². The number of methoxy groups -OCH3 is 1. The molecule has 4 rings (SSSR count). The lowest BCUT2D eigenvalue weighted by atomic mass is 10.0. The zero-order valence-electron chi connectivity index (χ0n) is 17.1. The van der Waals surface area contributed by atoms with E-state index in [1.54, 1.807) is 30.4 Å². The molecule has 0 amide bonds. The maximum absolute atomic E-state index is 10.7. The van der Waals surface area contributed by atoms with Gasteiger partial charge in [0.2, 0.25) is 0 Å². The van der Waals surface area contributed by atoms with E-state index in [0.29, 0.717) is 0 Å². The molecule has 2 heterocycles. The average Bonchev–Trinajstić information content (AvgIpc) is 3.20. The molecule has 1 fully saturated rings. The molecule has 3 aromatic rings. The van der Waals surface area contributed by atoms with Gasteiger partial charge in [-0.25, -0.2) is 9.29 Å². The van der Waals surface area contributed by atoms with Gasteiger partial charge in [0.15, 0.2) is 5.13 Å². The molecule has 0 bridgehead atoms. The lowest BCUT2D eigenvalue weighted by Gasteiger charge is -2.28. The fourth-order valence-corrected chi connectivity index (χ4v) is 4.93. The molecule has 1 aliphatic rings. The summed E-state index contributed by atoms with van der Waals surface area (Å²) in [6, 6.07) is 14.3. The Morgan fingerprint density at radius 2 is 1.93 bits per heavy atom.